The molecule has 148 valence electrons. The second-order valence-electron chi connectivity index (χ2n) is 8.65. The standard InChI is InChI=1S/C22H31FN2O2/c23-18-7-1-5-16(13-18)14-25-15-17-6-3-11-24-12-4-8-19(22(17)24)20(25)9-2-10-21(26)27/h1,5,7,13,17,19-20,22H,2-4,6,8-12,14-15H2,(H,26,27)/t17-,19-,20-,22+/m1/s1. The second kappa shape index (κ2) is 8.27. The van der Waals surface area contributed by atoms with E-state index in [4.69, 9.17) is 5.11 Å². The van der Waals surface area contributed by atoms with Gasteiger partial charge in [-0.15, -0.1) is 0 Å². The molecule has 5 heteroatoms. The van der Waals surface area contributed by atoms with Crippen molar-refractivity contribution in [1.82, 2.24) is 9.80 Å². The van der Waals surface area contributed by atoms with Crippen LogP contribution in [-0.2, 0) is 11.3 Å². The predicted molar refractivity (Wildman–Crippen MR) is 103 cm³/mol. The summed E-state index contributed by atoms with van der Waals surface area (Å²) in [7, 11) is 0. The van der Waals surface area contributed by atoms with E-state index in [1.807, 2.05) is 6.07 Å². The van der Waals surface area contributed by atoms with Crippen LogP contribution in [0.2, 0.25) is 0 Å². The Kier molecular flexibility index (Phi) is 5.79. The Bertz CT molecular complexity index is 665. The summed E-state index contributed by atoms with van der Waals surface area (Å²) in [5, 5.41) is 9.07. The Balaban J connectivity index is 1.55. The topological polar surface area (TPSA) is 43.8 Å². The van der Waals surface area contributed by atoms with Gasteiger partial charge in [0, 0.05) is 31.6 Å². The monoisotopic (exact) mass is 374 g/mol. The van der Waals surface area contributed by atoms with E-state index in [2.05, 4.69) is 9.80 Å². The van der Waals surface area contributed by atoms with Gasteiger partial charge in [0.15, 0.2) is 0 Å². The summed E-state index contributed by atoms with van der Waals surface area (Å²) in [4.78, 5) is 16.3. The summed E-state index contributed by atoms with van der Waals surface area (Å²) in [5.41, 5.74) is 1.03. The fourth-order valence-corrected chi connectivity index (χ4v) is 5.99. The smallest absolute Gasteiger partial charge is 0.303 e. The van der Waals surface area contributed by atoms with Crippen molar-refractivity contribution >= 4 is 5.97 Å². The van der Waals surface area contributed by atoms with E-state index >= 15 is 0 Å². The van der Waals surface area contributed by atoms with Crippen LogP contribution >= 0.6 is 0 Å². The summed E-state index contributed by atoms with van der Waals surface area (Å²) in [6.45, 7) is 4.29. The number of aliphatic carboxylic acids is 1. The Labute approximate surface area is 161 Å². The molecule has 4 atom stereocenters. The molecule has 3 fully saturated rings. The molecule has 3 saturated heterocycles. The lowest BCUT2D eigenvalue weighted by Gasteiger charge is -2.57. The summed E-state index contributed by atoms with van der Waals surface area (Å²) in [6.07, 6.45) is 6.97. The van der Waals surface area contributed by atoms with E-state index in [1.165, 1.54) is 44.8 Å². The number of hydrogen-bond donors (Lipinski definition) is 1. The first-order valence-corrected chi connectivity index (χ1v) is 10.6. The molecule has 1 aromatic rings. The average molecular weight is 375 g/mol. The van der Waals surface area contributed by atoms with Gasteiger partial charge in [0.05, 0.1) is 0 Å². The molecule has 4 rings (SSSR count). The largest absolute Gasteiger partial charge is 0.481 e. The molecule has 1 aromatic carbocycles. The SMILES string of the molecule is O=C(O)CCC[C@@H]1[C@H]2CCCN3CCC[C@H](CN1Cc1cccc(F)c1)[C@@H]23. The van der Waals surface area contributed by atoms with Gasteiger partial charge in [-0.05, 0) is 81.1 Å². The Morgan fingerprint density at radius 2 is 2.04 bits per heavy atom. The van der Waals surface area contributed by atoms with Crippen LogP contribution in [0.1, 0.15) is 50.5 Å². The van der Waals surface area contributed by atoms with Crippen molar-refractivity contribution in [2.45, 2.75) is 63.6 Å². The molecule has 0 radical (unpaired) electrons. The number of likely N-dealkylation sites (tertiary alicyclic amines) is 1. The lowest BCUT2D eigenvalue weighted by atomic mass is 9.69. The molecule has 1 N–H and O–H groups in total. The lowest BCUT2D eigenvalue weighted by molar-refractivity contribution is -0.137. The van der Waals surface area contributed by atoms with Crippen molar-refractivity contribution in [3.63, 3.8) is 0 Å². The molecular formula is C22H31FN2O2. The van der Waals surface area contributed by atoms with Gasteiger partial charge in [-0.2, -0.15) is 0 Å². The zero-order chi connectivity index (χ0) is 18.8. The van der Waals surface area contributed by atoms with Crippen LogP contribution in [0.4, 0.5) is 4.39 Å². The number of halogens is 1. The van der Waals surface area contributed by atoms with Gasteiger partial charge in [-0.1, -0.05) is 12.1 Å². The van der Waals surface area contributed by atoms with Crippen molar-refractivity contribution in [2.75, 3.05) is 19.6 Å². The van der Waals surface area contributed by atoms with Crippen LogP contribution in [0.5, 0.6) is 0 Å². The first-order chi connectivity index (χ1) is 13.1. The molecule has 0 spiro atoms. The molecule has 0 aliphatic carbocycles. The van der Waals surface area contributed by atoms with Gasteiger partial charge < -0.3 is 5.11 Å². The van der Waals surface area contributed by atoms with E-state index < -0.39 is 5.97 Å². The number of piperidine rings is 3. The Morgan fingerprint density at radius 3 is 2.81 bits per heavy atom. The molecule has 3 heterocycles. The highest BCUT2D eigenvalue weighted by atomic mass is 19.1. The Morgan fingerprint density at radius 1 is 1.22 bits per heavy atom. The fraction of sp³-hybridized carbons (Fsp3) is 0.682. The van der Waals surface area contributed by atoms with Crippen LogP contribution in [0, 0.1) is 17.7 Å². The van der Waals surface area contributed by atoms with E-state index in [9.17, 15) is 9.18 Å². The van der Waals surface area contributed by atoms with Crippen molar-refractivity contribution in [1.29, 1.82) is 0 Å². The predicted octanol–water partition coefficient (Wildman–Crippen LogP) is 3.76. The number of carbonyl (C=O) groups is 1. The second-order valence-corrected chi connectivity index (χ2v) is 8.65. The number of carboxylic acid groups (broad SMARTS) is 1. The van der Waals surface area contributed by atoms with Gasteiger partial charge in [-0.25, -0.2) is 4.39 Å². The van der Waals surface area contributed by atoms with E-state index in [0.29, 0.717) is 23.9 Å². The van der Waals surface area contributed by atoms with Crippen molar-refractivity contribution in [3.05, 3.63) is 35.6 Å². The normalized spacial score (nSPS) is 31.4. The van der Waals surface area contributed by atoms with Gasteiger partial charge in [0.1, 0.15) is 5.82 Å². The number of rotatable bonds is 6. The van der Waals surface area contributed by atoms with Gasteiger partial charge in [-0.3, -0.25) is 14.6 Å². The minimum atomic E-state index is -0.705. The molecule has 0 amide bonds. The molecule has 3 aliphatic rings. The summed E-state index contributed by atoms with van der Waals surface area (Å²) in [6, 6.07) is 8.03. The summed E-state index contributed by atoms with van der Waals surface area (Å²) >= 11 is 0. The van der Waals surface area contributed by atoms with Gasteiger partial charge in [0.2, 0.25) is 0 Å². The van der Waals surface area contributed by atoms with Crippen LogP contribution in [0.25, 0.3) is 0 Å². The molecular weight excluding hydrogens is 343 g/mol. The minimum Gasteiger partial charge on any atom is -0.481 e. The maximum Gasteiger partial charge on any atom is 0.303 e. The Hall–Kier alpha value is -1.46. The number of nitrogens with zero attached hydrogens (tertiary/aromatic N) is 2. The number of hydrogen-bond acceptors (Lipinski definition) is 3. The third-order valence-corrected chi connectivity index (χ3v) is 6.94. The average Bonchev–Trinajstić information content (AvgIpc) is 2.64. The molecule has 0 bridgehead atoms. The lowest BCUT2D eigenvalue weighted by Crippen LogP contribution is -2.64. The van der Waals surface area contributed by atoms with Crippen LogP contribution in [-0.4, -0.2) is 52.6 Å². The molecule has 0 aromatic heterocycles. The minimum absolute atomic E-state index is 0.175. The number of carboxylic acids is 1. The fourth-order valence-electron chi connectivity index (χ4n) is 5.99. The maximum absolute atomic E-state index is 13.7. The van der Waals surface area contributed by atoms with E-state index in [-0.39, 0.29) is 12.2 Å². The molecule has 27 heavy (non-hydrogen) atoms. The quantitative estimate of drug-likeness (QED) is 0.823. The summed E-state index contributed by atoms with van der Waals surface area (Å²) < 4.78 is 13.7. The van der Waals surface area contributed by atoms with Gasteiger partial charge >= 0.3 is 5.97 Å². The first kappa shape index (κ1) is 18.9. The van der Waals surface area contributed by atoms with Gasteiger partial charge in [0.25, 0.3) is 0 Å². The molecule has 0 unspecified atom stereocenters. The first-order valence-electron chi connectivity index (χ1n) is 10.6. The van der Waals surface area contributed by atoms with E-state index in [1.54, 1.807) is 12.1 Å². The summed E-state index contributed by atoms with van der Waals surface area (Å²) in [5.74, 6) is 0.447. The third kappa shape index (κ3) is 4.19. The zero-order valence-electron chi connectivity index (χ0n) is 16.0. The van der Waals surface area contributed by atoms with Crippen molar-refractivity contribution < 1.29 is 14.3 Å². The van der Waals surface area contributed by atoms with Crippen molar-refractivity contribution in [2.24, 2.45) is 11.8 Å². The molecule has 0 saturated carbocycles. The van der Waals surface area contributed by atoms with E-state index in [0.717, 1.165) is 31.5 Å². The highest BCUT2D eigenvalue weighted by Gasteiger charge is 2.48. The maximum atomic E-state index is 13.7. The van der Waals surface area contributed by atoms with Crippen molar-refractivity contribution in [3.8, 4) is 0 Å². The molecule has 3 aliphatic heterocycles. The zero-order valence-corrected chi connectivity index (χ0v) is 16.0. The number of benzene rings is 1. The highest BCUT2D eigenvalue weighted by Crippen LogP contribution is 2.43. The molecule has 4 nitrogen and oxygen atoms in total. The highest BCUT2D eigenvalue weighted by molar-refractivity contribution is 5.66. The third-order valence-electron chi connectivity index (χ3n) is 6.94. The van der Waals surface area contributed by atoms with Crippen LogP contribution in [0.3, 0.4) is 0 Å². The van der Waals surface area contributed by atoms with Crippen LogP contribution < -0.4 is 0 Å². The van der Waals surface area contributed by atoms with Crippen LogP contribution in [0.15, 0.2) is 24.3 Å².